The van der Waals surface area contributed by atoms with Crippen molar-refractivity contribution in [1.82, 2.24) is 10.1 Å². The number of carbonyl (C=O) groups is 1. The van der Waals surface area contributed by atoms with Gasteiger partial charge < -0.3 is 9.47 Å². The molecule has 1 aliphatic heterocycles. The average Bonchev–Trinajstić information content (AvgIpc) is 3.03. The smallest absolute Gasteiger partial charge is 0.395 e. The van der Waals surface area contributed by atoms with Gasteiger partial charge in [0.15, 0.2) is 23.1 Å². The van der Waals surface area contributed by atoms with Crippen molar-refractivity contribution < 1.29 is 27.6 Å². The van der Waals surface area contributed by atoms with E-state index in [4.69, 9.17) is 0 Å². The van der Waals surface area contributed by atoms with Gasteiger partial charge >= 0.3 is 12.1 Å². The molecule has 0 spiro atoms. The Kier molecular flexibility index (Phi) is 2.45. The van der Waals surface area contributed by atoms with Crippen molar-refractivity contribution >= 4 is 5.78 Å². The van der Waals surface area contributed by atoms with Crippen molar-refractivity contribution in [1.29, 1.82) is 0 Å². The Morgan fingerprint density at radius 1 is 1.32 bits per heavy atom. The second-order valence-electron chi connectivity index (χ2n) is 5.12. The summed E-state index contributed by atoms with van der Waals surface area (Å²) in [6, 6.07) is 3.88. The molecule has 4 rings (SSSR count). The summed E-state index contributed by atoms with van der Waals surface area (Å²) in [5.74, 6) is -1.51. The number of nitrogens with zero attached hydrogens (tertiary/aromatic N) is 1. The largest absolute Gasteiger partial charge is 0.586 e. The maximum atomic E-state index is 12.9. The Labute approximate surface area is 120 Å². The zero-order valence-corrected chi connectivity index (χ0v) is 10.8. The van der Waals surface area contributed by atoms with Crippen LogP contribution in [0.25, 0.3) is 0 Å². The van der Waals surface area contributed by atoms with E-state index in [0.717, 1.165) is 0 Å². The van der Waals surface area contributed by atoms with Crippen molar-refractivity contribution in [3.63, 3.8) is 0 Å². The number of aromatic nitrogens is 2. The molecule has 2 atom stereocenters. The first-order chi connectivity index (χ1) is 10.4. The highest BCUT2D eigenvalue weighted by Crippen LogP contribution is 2.48. The van der Waals surface area contributed by atoms with E-state index in [1.165, 1.54) is 18.2 Å². The minimum atomic E-state index is -3.72. The fourth-order valence-electron chi connectivity index (χ4n) is 2.50. The number of Topliss-reactive ketones (excluding diaryl/α,β-unsaturated/α-hetero) is 1. The Hall–Kier alpha value is -2.71. The standard InChI is InChI=1S/C13H8F2N2O5/c14-13(15)20-8-2-1-5(3-9(8)21-13)10(18)6-4-7(6)11-16-12(19)22-17-11/h1-3,6-7H,4H2,(H,16,17,19). The number of rotatable bonds is 3. The third kappa shape index (κ3) is 2.05. The Balaban J connectivity index is 1.54. The quantitative estimate of drug-likeness (QED) is 0.867. The number of halogens is 2. The van der Waals surface area contributed by atoms with Crippen LogP contribution in [-0.2, 0) is 0 Å². The number of ether oxygens (including phenoxy) is 2. The summed E-state index contributed by atoms with van der Waals surface area (Å²) in [4.78, 5) is 25.6. The summed E-state index contributed by atoms with van der Waals surface area (Å²) in [5, 5.41) is 3.54. The Morgan fingerprint density at radius 3 is 2.82 bits per heavy atom. The molecule has 0 bridgehead atoms. The van der Waals surface area contributed by atoms with Gasteiger partial charge in [0, 0.05) is 17.4 Å². The number of fused-ring (bicyclic) bond motifs is 1. The lowest BCUT2D eigenvalue weighted by molar-refractivity contribution is -0.286. The number of ketones is 1. The van der Waals surface area contributed by atoms with Crippen molar-refractivity contribution in [2.75, 3.05) is 0 Å². The molecule has 2 unspecified atom stereocenters. The number of hydrogen-bond acceptors (Lipinski definition) is 6. The highest BCUT2D eigenvalue weighted by Gasteiger charge is 2.48. The van der Waals surface area contributed by atoms with Crippen LogP contribution in [0.2, 0.25) is 0 Å². The molecular weight excluding hydrogens is 302 g/mol. The van der Waals surface area contributed by atoms with Crippen LogP contribution in [-0.4, -0.2) is 22.2 Å². The topological polar surface area (TPSA) is 94.4 Å². The minimum Gasteiger partial charge on any atom is -0.395 e. The molecule has 2 aromatic rings. The molecule has 22 heavy (non-hydrogen) atoms. The van der Waals surface area contributed by atoms with Gasteiger partial charge in [-0.1, -0.05) is 5.16 Å². The van der Waals surface area contributed by atoms with Crippen LogP contribution in [0.15, 0.2) is 27.5 Å². The van der Waals surface area contributed by atoms with Gasteiger partial charge in [-0.3, -0.25) is 14.3 Å². The predicted molar refractivity (Wildman–Crippen MR) is 64.9 cm³/mol. The van der Waals surface area contributed by atoms with E-state index in [-0.39, 0.29) is 34.7 Å². The van der Waals surface area contributed by atoms with Crippen LogP contribution < -0.4 is 15.2 Å². The molecule has 1 fully saturated rings. The first kappa shape index (κ1) is 13.0. The zero-order chi connectivity index (χ0) is 15.5. The molecule has 1 aromatic heterocycles. The van der Waals surface area contributed by atoms with Crippen LogP contribution in [0.3, 0.4) is 0 Å². The molecule has 9 heteroatoms. The Bertz CT molecular complexity index is 828. The summed E-state index contributed by atoms with van der Waals surface area (Å²) in [5.41, 5.74) is 0.235. The van der Waals surface area contributed by atoms with Gasteiger partial charge in [-0.25, -0.2) is 4.79 Å². The van der Waals surface area contributed by atoms with Gasteiger partial charge in [0.25, 0.3) is 0 Å². The lowest BCUT2D eigenvalue weighted by Gasteiger charge is -2.04. The van der Waals surface area contributed by atoms with E-state index in [1.807, 2.05) is 0 Å². The summed E-state index contributed by atoms with van der Waals surface area (Å²) in [6.45, 7) is 0. The summed E-state index contributed by atoms with van der Waals surface area (Å²) in [7, 11) is 0. The van der Waals surface area contributed by atoms with E-state index < -0.39 is 12.1 Å². The van der Waals surface area contributed by atoms with E-state index in [2.05, 4.69) is 24.1 Å². The van der Waals surface area contributed by atoms with Gasteiger partial charge in [-0.15, -0.1) is 8.78 Å². The van der Waals surface area contributed by atoms with Crippen LogP contribution in [0.4, 0.5) is 8.78 Å². The summed E-state index contributed by atoms with van der Waals surface area (Å²) in [6.07, 6.45) is -3.21. The molecule has 0 amide bonds. The van der Waals surface area contributed by atoms with Crippen molar-refractivity contribution in [3.05, 3.63) is 40.1 Å². The minimum absolute atomic E-state index is 0.116. The fraction of sp³-hybridized carbons (Fsp3) is 0.308. The number of aromatic amines is 1. The maximum absolute atomic E-state index is 12.9. The van der Waals surface area contributed by atoms with Crippen LogP contribution in [0.1, 0.15) is 28.5 Å². The maximum Gasteiger partial charge on any atom is 0.586 e. The van der Waals surface area contributed by atoms with Gasteiger partial charge in [-0.05, 0) is 24.6 Å². The van der Waals surface area contributed by atoms with Gasteiger partial charge in [0.05, 0.1) is 0 Å². The lowest BCUT2D eigenvalue weighted by atomic mass is 10.1. The number of alkyl halides is 2. The second-order valence-corrected chi connectivity index (χ2v) is 5.12. The summed E-state index contributed by atoms with van der Waals surface area (Å²) >= 11 is 0. The van der Waals surface area contributed by atoms with Crippen LogP contribution in [0, 0.1) is 5.92 Å². The van der Waals surface area contributed by atoms with Crippen molar-refractivity contribution in [3.8, 4) is 11.5 Å². The van der Waals surface area contributed by atoms with Gasteiger partial charge in [0.2, 0.25) is 0 Å². The lowest BCUT2D eigenvalue weighted by Crippen LogP contribution is -2.25. The van der Waals surface area contributed by atoms with Crippen molar-refractivity contribution in [2.24, 2.45) is 5.92 Å². The van der Waals surface area contributed by atoms with Crippen LogP contribution >= 0.6 is 0 Å². The molecule has 114 valence electrons. The number of benzene rings is 1. The van der Waals surface area contributed by atoms with Gasteiger partial charge in [-0.2, -0.15) is 0 Å². The second kappa shape index (κ2) is 4.15. The third-order valence-electron chi connectivity index (χ3n) is 3.62. The molecule has 1 aromatic carbocycles. The van der Waals surface area contributed by atoms with Crippen LogP contribution in [0.5, 0.6) is 11.5 Å². The van der Waals surface area contributed by atoms with Gasteiger partial charge in [0.1, 0.15) is 0 Å². The van der Waals surface area contributed by atoms with E-state index >= 15 is 0 Å². The molecule has 1 N–H and O–H groups in total. The fourth-order valence-corrected chi connectivity index (χ4v) is 2.50. The summed E-state index contributed by atoms with van der Waals surface area (Å²) < 4.78 is 38.9. The highest BCUT2D eigenvalue weighted by atomic mass is 19.3. The molecule has 1 aliphatic carbocycles. The Morgan fingerprint density at radius 2 is 2.09 bits per heavy atom. The molecular formula is C13H8F2N2O5. The first-order valence-electron chi connectivity index (χ1n) is 6.43. The monoisotopic (exact) mass is 310 g/mol. The third-order valence-corrected chi connectivity index (χ3v) is 3.62. The number of hydrogen-bond donors (Lipinski definition) is 1. The average molecular weight is 310 g/mol. The molecule has 0 radical (unpaired) electrons. The normalized spacial score (nSPS) is 24.3. The molecule has 2 heterocycles. The molecule has 1 saturated carbocycles. The predicted octanol–water partition coefficient (Wildman–Crippen LogP) is 1.67. The van der Waals surface area contributed by atoms with E-state index in [1.54, 1.807) is 0 Å². The first-order valence-corrected chi connectivity index (χ1v) is 6.43. The number of nitrogens with one attached hydrogen (secondary N) is 1. The molecule has 7 nitrogen and oxygen atoms in total. The van der Waals surface area contributed by atoms with Crippen molar-refractivity contribution in [2.45, 2.75) is 18.6 Å². The van der Waals surface area contributed by atoms with E-state index in [0.29, 0.717) is 12.2 Å². The molecule has 2 aliphatic rings. The molecule has 0 saturated heterocycles. The van der Waals surface area contributed by atoms with E-state index in [9.17, 15) is 18.4 Å². The SMILES string of the molecule is O=C(c1ccc2c(c1)OC(F)(F)O2)C1CC1c1noc(=O)[nH]1. The highest BCUT2D eigenvalue weighted by molar-refractivity contribution is 6.00. The number of H-pyrrole nitrogens is 1. The number of carbonyl (C=O) groups excluding carboxylic acids is 1. The zero-order valence-electron chi connectivity index (χ0n) is 10.8.